The van der Waals surface area contributed by atoms with Gasteiger partial charge in [0.1, 0.15) is 16.9 Å². The largest absolute Gasteiger partial charge is 0.443 e. The van der Waals surface area contributed by atoms with Crippen molar-refractivity contribution in [2.24, 2.45) is 0 Å². The fourth-order valence-corrected chi connectivity index (χ4v) is 3.96. The monoisotopic (exact) mass is 465 g/mol. The fraction of sp³-hybridized carbons (Fsp3) is 0.154. The summed E-state index contributed by atoms with van der Waals surface area (Å²) in [5.41, 5.74) is 0.0308. The number of amides is 1. The molecule has 35 heavy (non-hydrogen) atoms. The molecule has 1 aliphatic heterocycles. The molecule has 2 aromatic heterocycles. The molecule has 5 rings (SSSR count). The Labute approximate surface area is 199 Å². The van der Waals surface area contributed by atoms with Crippen molar-refractivity contribution in [3.63, 3.8) is 0 Å². The van der Waals surface area contributed by atoms with Crippen LogP contribution in [0.5, 0.6) is 0 Å². The molecule has 4 aromatic rings. The molecule has 9 nitrogen and oxygen atoms in total. The Morgan fingerprint density at radius 1 is 1.09 bits per heavy atom. The normalized spacial score (nSPS) is 12.1. The van der Waals surface area contributed by atoms with E-state index in [0.29, 0.717) is 11.3 Å². The first-order valence-corrected chi connectivity index (χ1v) is 10.8. The number of para-hydroxylation sites is 1. The SMILES string of the molecule is CC(C)(C)OC(=O)N(c1ccccn1)c1cccc2c(=O)n3c(nc12)C(=O)c1cc(C#N)ccc1-3. The quantitative estimate of drug-likeness (QED) is 0.382. The lowest BCUT2D eigenvalue weighted by Crippen LogP contribution is -2.34. The molecule has 0 spiro atoms. The van der Waals surface area contributed by atoms with Crippen molar-refractivity contribution < 1.29 is 14.3 Å². The molecule has 1 aliphatic rings. The molecule has 3 heterocycles. The van der Waals surface area contributed by atoms with Gasteiger partial charge in [-0.2, -0.15) is 5.26 Å². The number of benzene rings is 2. The lowest BCUT2D eigenvalue weighted by Gasteiger charge is -2.27. The molecular weight excluding hydrogens is 446 g/mol. The summed E-state index contributed by atoms with van der Waals surface area (Å²) < 4.78 is 6.86. The van der Waals surface area contributed by atoms with Gasteiger partial charge in [0, 0.05) is 6.20 Å². The Balaban J connectivity index is 1.77. The van der Waals surface area contributed by atoms with Gasteiger partial charge in [0.05, 0.1) is 34.0 Å². The van der Waals surface area contributed by atoms with Crippen molar-refractivity contribution in [2.75, 3.05) is 4.90 Å². The molecule has 0 N–H and O–H groups in total. The molecule has 0 atom stereocenters. The van der Waals surface area contributed by atoms with Crippen LogP contribution in [0.3, 0.4) is 0 Å². The van der Waals surface area contributed by atoms with Gasteiger partial charge >= 0.3 is 6.09 Å². The molecule has 2 aromatic carbocycles. The van der Waals surface area contributed by atoms with Gasteiger partial charge in [-0.1, -0.05) is 12.1 Å². The second-order valence-corrected chi connectivity index (χ2v) is 8.93. The van der Waals surface area contributed by atoms with Crippen LogP contribution in [-0.2, 0) is 4.74 Å². The van der Waals surface area contributed by atoms with E-state index >= 15 is 0 Å². The Kier molecular flexibility index (Phi) is 4.95. The third kappa shape index (κ3) is 3.61. The van der Waals surface area contributed by atoms with E-state index in [1.165, 1.54) is 21.7 Å². The summed E-state index contributed by atoms with van der Waals surface area (Å²) in [4.78, 5) is 50.1. The van der Waals surface area contributed by atoms with E-state index in [1.807, 2.05) is 6.07 Å². The molecule has 0 unspecified atom stereocenters. The standard InChI is InChI=1S/C26H19N5O4/c1-26(2,3)35-25(34)30(20-9-4-5-12-28-20)19-8-6-7-16-21(19)29-23-22(32)17-13-15(14-27)10-11-18(17)31(23)24(16)33/h4-13H,1-3H3. The lowest BCUT2D eigenvalue weighted by molar-refractivity contribution is 0.0598. The van der Waals surface area contributed by atoms with E-state index in [9.17, 15) is 19.6 Å². The van der Waals surface area contributed by atoms with E-state index in [2.05, 4.69) is 9.97 Å². The van der Waals surface area contributed by atoms with E-state index in [-0.39, 0.29) is 33.8 Å². The lowest BCUT2D eigenvalue weighted by atomic mass is 10.1. The maximum atomic E-state index is 13.5. The Morgan fingerprint density at radius 2 is 1.89 bits per heavy atom. The van der Waals surface area contributed by atoms with Crippen molar-refractivity contribution in [3.05, 3.63) is 88.1 Å². The number of hydrogen-bond donors (Lipinski definition) is 0. The van der Waals surface area contributed by atoms with Gasteiger partial charge in [-0.05, 0) is 63.2 Å². The van der Waals surface area contributed by atoms with Crippen molar-refractivity contribution in [1.82, 2.24) is 14.5 Å². The molecule has 0 saturated heterocycles. The van der Waals surface area contributed by atoms with Gasteiger partial charge in [0.2, 0.25) is 5.78 Å². The van der Waals surface area contributed by atoms with Gasteiger partial charge < -0.3 is 4.74 Å². The van der Waals surface area contributed by atoms with Crippen LogP contribution in [0.2, 0.25) is 0 Å². The number of aromatic nitrogens is 3. The van der Waals surface area contributed by atoms with E-state index in [1.54, 1.807) is 69.3 Å². The van der Waals surface area contributed by atoms with Crippen LogP contribution in [0.1, 0.15) is 42.5 Å². The second kappa shape index (κ2) is 7.88. The van der Waals surface area contributed by atoms with Crippen molar-refractivity contribution in [3.8, 4) is 11.8 Å². The highest BCUT2D eigenvalue weighted by Gasteiger charge is 2.33. The molecule has 0 radical (unpaired) electrons. The third-order valence-corrected chi connectivity index (χ3v) is 5.39. The maximum absolute atomic E-state index is 13.5. The molecule has 9 heteroatoms. The molecule has 0 saturated carbocycles. The summed E-state index contributed by atoms with van der Waals surface area (Å²) in [6.45, 7) is 5.23. The topological polar surface area (TPSA) is 118 Å². The van der Waals surface area contributed by atoms with Crippen molar-refractivity contribution in [1.29, 1.82) is 5.26 Å². The van der Waals surface area contributed by atoms with E-state index < -0.39 is 23.0 Å². The zero-order valence-corrected chi connectivity index (χ0v) is 19.1. The number of rotatable bonds is 2. The summed E-state index contributed by atoms with van der Waals surface area (Å²) in [5, 5.41) is 9.43. The van der Waals surface area contributed by atoms with Crippen LogP contribution in [-0.4, -0.2) is 32.0 Å². The summed E-state index contributed by atoms with van der Waals surface area (Å²) in [5.74, 6) is -0.303. The predicted octanol–water partition coefficient (Wildman–Crippen LogP) is 4.27. The Bertz CT molecular complexity index is 1630. The van der Waals surface area contributed by atoms with E-state index in [4.69, 9.17) is 4.74 Å². The minimum absolute atomic E-state index is 0.0924. The number of anilines is 2. The first-order chi connectivity index (χ1) is 16.7. The minimum atomic E-state index is -0.793. The average Bonchev–Trinajstić information content (AvgIpc) is 3.11. The highest BCUT2D eigenvalue weighted by molar-refractivity contribution is 6.14. The summed E-state index contributed by atoms with van der Waals surface area (Å²) >= 11 is 0. The van der Waals surface area contributed by atoms with Gasteiger partial charge in [0.15, 0.2) is 5.82 Å². The van der Waals surface area contributed by atoms with Crippen LogP contribution in [0.25, 0.3) is 16.6 Å². The molecule has 172 valence electrons. The summed E-state index contributed by atoms with van der Waals surface area (Å²) in [6, 6.07) is 16.4. The van der Waals surface area contributed by atoms with Gasteiger partial charge in [-0.15, -0.1) is 0 Å². The molecule has 1 amide bonds. The highest BCUT2D eigenvalue weighted by atomic mass is 16.6. The zero-order chi connectivity index (χ0) is 24.9. The van der Waals surface area contributed by atoms with Crippen LogP contribution >= 0.6 is 0 Å². The number of pyridine rings is 1. The number of nitriles is 1. The number of carbonyl (C=O) groups is 2. The molecular formula is C26H19N5O4. The Hall–Kier alpha value is -4.84. The molecule has 0 fully saturated rings. The maximum Gasteiger partial charge on any atom is 0.420 e. The smallest absolute Gasteiger partial charge is 0.420 e. The fourth-order valence-electron chi connectivity index (χ4n) is 3.96. The van der Waals surface area contributed by atoms with Crippen LogP contribution in [0.4, 0.5) is 16.3 Å². The van der Waals surface area contributed by atoms with Crippen molar-refractivity contribution in [2.45, 2.75) is 26.4 Å². The zero-order valence-electron chi connectivity index (χ0n) is 19.1. The highest BCUT2D eigenvalue weighted by Crippen LogP contribution is 2.33. The van der Waals surface area contributed by atoms with Gasteiger partial charge in [-0.25, -0.2) is 19.7 Å². The van der Waals surface area contributed by atoms with Crippen LogP contribution < -0.4 is 10.5 Å². The Morgan fingerprint density at radius 3 is 2.57 bits per heavy atom. The second-order valence-electron chi connectivity index (χ2n) is 8.93. The number of hydrogen-bond acceptors (Lipinski definition) is 7. The summed E-state index contributed by atoms with van der Waals surface area (Å²) in [6.07, 6.45) is 0.824. The number of ketones is 1. The third-order valence-electron chi connectivity index (χ3n) is 5.39. The molecule has 0 aliphatic carbocycles. The predicted molar refractivity (Wildman–Crippen MR) is 128 cm³/mol. The number of carbonyl (C=O) groups excluding carboxylic acids is 2. The van der Waals surface area contributed by atoms with Crippen molar-refractivity contribution >= 4 is 34.3 Å². The van der Waals surface area contributed by atoms with Crippen LogP contribution in [0, 0.1) is 11.3 Å². The van der Waals surface area contributed by atoms with Gasteiger partial charge in [-0.3, -0.25) is 14.2 Å². The number of fused-ring (bicyclic) bond motifs is 4. The number of ether oxygens (including phenoxy) is 1. The number of nitrogens with zero attached hydrogens (tertiary/aromatic N) is 5. The minimum Gasteiger partial charge on any atom is -0.443 e. The first kappa shape index (κ1) is 22.0. The summed E-state index contributed by atoms with van der Waals surface area (Å²) in [7, 11) is 0. The average molecular weight is 465 g/mol. The van der Waals surface area contributed by atoms with E-state index in [0.717, 1.165) is 0 Å². The van der Waals surface area contributed by atoms with Crippen LogP contribution in [0.15, 0.2) is 65.6 Å². The first-order valence-electron chi connectivity index (χ1n) is 10.8. The molecule has 0 bridgehead atoms. The van der Waals surface area contributed by atoms with Gasteiger partial charge in [0.25, 0.3) is 5.56 Å².